The van der Waals surface area contributed by atoms with Crippen molar-refractivity contribution in [1.29, 1.82) is 0 Å². The molecule has 4 rings (SSSR count). The zero-order valence-corrected chi connectivity index (χ0v) is 13.8. The molecule has 1 saturated carbocycles. The molecule has 2 aliphatic heterocycles. The van der Waals surface area contributed by atoms with E-state index in [-0.39, 0.29) is 12.3 Å². The Hall–Kier alpha value is -1.44. The average Bonchev–Trinajstić information content (AvgIpc) is 3.25. The zero-order chi connectivity index (χ0) is 16.0. The first-order valence-corrected chi connectivity index (χ1v) is 9.62. The number of carbonyl (C=O) groups excluding carboxylic acids is 1. The molecule has 1 aromatic carbocycles. The maximum atomic E-state index is 12.8. The first-order chi connectivity index (χ1) is 11.0. The van der Waals surface area contributed by atoms with Crippen LogP contribution in [0.3, 0.4) is 0 Å². The predicted molar refractivity (Wildman–Crippen MR) is 86.7 cm³/mol. The molecule has 23 heavy (non-hydrogen) atoms. The minimum Gasteiger partial charge on any atom is -0.326 e. The molecule has 0 unspecified atom stereocenters. The molecule has 1 aliphatic carbocycles. The van der Waals surface area contributed by atoms with Crippen molar-refractivity contribution in [1.82, 2.24) is 9.21 Å². The standard InChI is InChI=1S/C16H21N3O3S/c20-16-10-13-9-14(3-4-15(13)17-16)23(21,22)19-7-5-18(6-8-19)11-12-1-2-12/h3-4,9,12H,1-2,5-8,10-11H2,(H,17,20). The maximum Gasteiger partial charge on any atom is 0.243 e. The van der Waals surface area contributed by atoms with E-state index in [1.807, 2.05) is 0 Å². The lowest BCUT2D eigenvalue weighted by Gasteiger charge is -2.34. The summed E-state index contributed by atoms with van der Waals surface area (Å²) in [6, 6.07) is 4.92. The highest BCUT2D eigenvalue weighted by molar-refractivity contribution is 7.89. The molecule has 0 atom stereocenters. The SMILES string of the molecule is O=C1Cc2cc(S(=O)(=O)N3CCN(CC4CC4)CC3)ccc2N1. The molecule has 0 bridgehead atoms. The van der Waals surface area contributed by atoms with Gasteiger partial charge in [0.2, 0.25) is 15.9 Å². The molecule has 1 amide bonds. The quantitative estimate of drug-likeness (QED) is 0.887. The summed E-state index contributed by atoms with van der Waals surface area (Å²) in [5, 5.41) is 2.73. The molecule has 1 N–H and O–H groups in total. The van der Waals surface area contributed by atoms with Crippen LogP contribution >= 0.6 is 0 Å². The number of benzene rings is 1. The number of anilines is 1. The van der Waals surface area contributed by atoms with E-state index in [0.717, 1.165) is 36.8 Å². The van der Waals surface area contributed by atoms with Gasteiger partial charge in [0.05, 0.1) is 11.3 Å². The van der Waals surface area contributed by atoms with Crippen LogP contribution < -0.4 is 5.32 Å². The normalized spacial score (nSPS) is 22.9. The van der Waals surface area contributed by atoms with Crippen molar-refractivity contribution in [3.05, 3.63) is 23.8 Å². The molecular weight excluding hydrogens is 314 g/mol. The van der Waals surface area contributed by atoms with Crippen LogP contribution in [0, 0.1) is 5.92 Å². The zero-order valence-electron chi connectivity index (χ0n) is 13.0. The molecule has 2 fully saturated rings. The summed E-state index contributed by atoms with van der Waals surface area (Å²) in [6.07, 6.45) is 2.90. The average molecular weight is 335 g/mol. The van der Waals surface area contributed by atoms with Gasteiger partial charge < -0.3 is 10.2 Å². The fraction of sp³-hybridized carbons (Fsp3) is 0.562. The Morgan fingerprint density at radius 2 is 1.87 bits per heavy atom. The Morgan fingerprint density at radius 3 is 2.57 bits per heavy atom. The summed E-state index contributed by atoms with van der Waals surface area (Å²) >= 11 is 0. The molecule has 124 valence electrons. The van der Waals surface area contributed by atoms with Gasteiger partial charge in [-0.25, -0.2) is 8.42 Å². The number of sulfonamides is 1. The highest BCUT2D eigenvalue weighted by Gasteiger charge is 2.32. The molecule has 0 spiro atoms. The van der Waals surface area contributed by atoms with Crippen LogP contribution in [0.15, 0.2) is 23.1 Å². The first kappa shape index (κ1) is 15.1. The van der Waals surface area contributed by atoms with Crippen molar-refractivity contribution in [2.75, 3.05) is 38.0 Å². The maximum absolute atomic E-state index is 12.8. The summed E-state index contributed by atoms with van der Waals surface area (Å²) in [5.41, 5.74) is 1.49. The number of hydrogen-bond acceptors (Lipinski definition) is 4. The van der Waals surface area contributed by atoms with Crippen LogP contribution in [0.25, 0.3) is 0 Å². The number of nitrogens with zero attached hydrogens (tertiary/aromatic N) is 2. The van der Waals surface area contributed by atoms with Gasteiger partial charge in [-0.2, -0.15) is 4.31 Å². The van der Waals surface area contributed by atoms with Gasteiger partial charge in [-0.05, 0) is 42.5 Å². The molecular formula is C16H21N3O3S. The van der Waals surface area contributed by atoms with Crippen LogP contribution in [0.1, 0.15) is 18.4 Å². The van der Waals surface area contributed by atoms with Crippen LogP contribution in [-0.4, -0.2) is 56.3 Å². The number of amides is 1. The first-order valence-electron chi connectivity index (χ1n) is 8.18. The van der Waals surface area contributed by atoms with Gasteiger partial charge in [-0.3, -0.25) is 4.79 Å². The van der Waals surface area contributed by atoms with Gasteiger partial charge in [0.1, 0.15) is 0 Å². The lowest BCUT2D eigenvalue weighted by atomic mass is 10.2. The van der Waals surface area contributed by atoms with Crippen LogP contribution in [0.4, 0.5) is 5.69 Å². The van der Waals surface area contributed by atoms with E-state index >= 15 is 0 Å². The number of fused-ring (bicyclic) bond motifs is 1. The van der Waals surface area contributed by atoms with Gasteiger partial charge in [-0.1, -0.05) is 0 Å². The van der Waals surface area contributed by atoms with Crippen molar-refractivity contribution < 1.29 is 13.2 Å². The van der Waals surface area contributed by atoms with Crippen molar-refractivity contribution in [2.24, 2.45) is 5.92 Å². The third-order valence-corrected chi connectivity index (χ3v) is 6.78. The number of hydrogen-bond donors (Lipinski definition) is 1. The highest BCUT2D eigenvalue weighted by Crippen LogP contribution is 2.31. The van der Waals surface area contributed by atoms with Gasteiger partial charge in [-0.15, -0.1) is 0 Å². The fourth-order valence-corrected chi connectivity index (χ4v) is 4.81. The second-order valence-electron chi connectivity index (χ2n) is 6.69. The minimum atomic E-state index is -3.47. The Kier molecular flexibility index (Phi) is 3.66. The van der Waals surface area contributed by atoms with Crippen LogP contribution in [0.2, 0.25) is 0 Å². The topological polar surface area (TPSA) is 69.7 Å². The predicted octanol–water partition coefficient (Wildman–Crippen LogP) is 0.897. The third kappa shape index (κ3) is 3.00. The second kappa shape index (κ2) is 5.58. The van der Waals surface area contributed by atoms with Gasteiger partial charge >= 0.3 is 0 Å². The molecule has 1 aromatic rings. The van der Waals surface area contributed by atoms with E-state index in [1.54, 1.807) is 22.5 Å². The summed E-state index contributed by atoms with van der Waals surface area (Å²) < 4.78 is 27.2. The van der Waals surface area contributed by atoms with Gasteiger partial charge in [0.15, 0.2) is 0 Å². The molecule has 0 radical (unpaired) electrons. The largest absolute Gasteiger partial charge is 0.326 e. The van der Waals surface area contributed by atoms with Crippen molar-refractivity contribution in [2.45, 2.75) is 24.2 Å². The van der Waals surface area contributed by atoms with Crippen molar-refractivity contribution in [3.8, 4) is 0 Å². The Labute approximate surface area is 136 Å². The van der Waals surface area contributed by atoms with E-state index in [2.05, 4.69) is 10.2 Å². The second-order valence-corrected chi connectivity index (χ2v) is 8.63. The highest BCUT2D eigenvalue weighted by atomic mass is 32.2. The van der Waals surface area contributed by atoms with Crippen molar-refractivity contribution in [3.63, 3.8) is 0 Å². The van der Waals surface area contributed by atoms with E-state index in [0.29, 0.717) is 18.0 Å². The monoisotopic (exact) mass is 335 g/mol. The fourth-order valence-electron chi connectivity index (χ4n) is 3.33. The lowest BCUT2D eigenvalue weighted by molar-refractivity contribution is -0.115. The van der Waals surface area contributed by atoms with Crippen molar-refractivity contribution >= 4 is 21.6 Å². The molecule has 6 nitrogen and oxygen atoms in total. The number of nitrogens with one attached hydrogen (secondary N) is 1. The smallest absolute Gasteiger partial charge is 0.243 e. The van der Waals surface area contributed by atoms with Crippen LogP contribution in [-0.2, 0) is 21.2 Å². The summed E-state index contributed by atoms with van der Waals surface area (Å²) in [4.78, 5) is 14.1. The summed E-state index contributed by atoms with van der Waals surface area (Å²) in [6.45, 7) is 3.81. The minimum absolute atomic E-state index is 0.0803. The Morgan fingerprint density at radius 1 is 1.13 bits per heavy atom. The molecule has 7 heteroatoms. The van der Waals surface area contributed by atoms with E-state index in [9.17, 15) is 13.2 Å². The van der Waals surface area contributed by atoms with E-state index < -0.39 is 10.0 Å². The van der Waals surface area contributed by atoms with Gasteiger partial charge in [0.25, 0.3) is 0 Å². The van der Waals surface area contributed by atoms with E-state index in [1.165, 1.54) is 12.8 Å². The van der Waals surface area contributed by atoms with Gasteiger partial charge in [0, 0.05) is 38.4 Å². The lowest BCUT2D eigenvalue weighted by Crippen LogP contribution is -2.49. The van der Waals surface area contributed by atoms with Crippen LogP contribution in [0.5, 0.6) is 0 Å². The summed E-state index contributed by atoms with van der Waals surface area (Å²) in [7, 11) is -3.47. The number of rotatable bonds is 4. The molecule has 1 saturated heterocycles. The number of piperazine rings is 1. The molecule has 0 aromatic heterocycles. The Balaban J connectivity index is 1.47. The van der Waals surface area contributed by atoms with E-state index in [4.69, 9.17) is 0 Å². The Bertz CT molecular complexity index is 735. The number of carbonyl (C=O) groups is 1. The third-order valence-electron chi connectivity index (χ3n) is 4.88. The molecule has 3 aliphatic rings. The summed E-state index contributed by atoms with van der Waals surface area (Å²) in [5.74, 6) is 0.753. The molecule has 2 heterocycles.